The standard InChI is InChI=1S/2C22H17.2ClH.Zr/c2*1-2-8-17(9-3-1)10-6-12-18-13-7-15-21-20-14-5-4-11-19(20)16-22(18)21;;;/h2*1-5,7-9,11-15H,6,10H2;2*1H;/q2*-1;;;+4/p-2. The summed E-state index contributed by atoms with van der Waals surface area (Å²) in [5, 5.41) is 5.09. The fourth-order valence-corrected chi connectivity index (χ4v) is 6.21. The summed E-state index contributed by atoms with van der Waals surface area (Å²) in [5.41, 5.74) is 10.4. The van der Waals surface area contributed by atoms with Crippen molar-refractivity contribution in [2.24, 2.45) is 0 Å². The zero-order chi connectivity index (χ0) is 29.6. The Balaban J connectivity index is 0.000000200. The predicted molar refractivity (Wildman–Crippen MR) is 186 cm³/mol. The topological polar surface area (TPSA) is 0 Å². The van der Waals surface area contributed by atoms with Crippen LogP contribution in [0.25, 0.3) is 46.6 Å². The van der Waals surface area contributed by atoms with E-state index < -0.39 is 0 Å². The van der Waals surface area contributed by atoms with Gasteiger partial charge in [-0.05, 0) is 36.8 Å². The Labute approximate surface area is 309 Å². The van der Waals surface area contributed by atoms with E-state index in [9.17, 15) is 0 Å². The van der Waals surface area contributed by atoms with Crippen molar-refractivity contribution in [1.82, 2.24) is 0 Å². The van der Waals surface area contributed by atoms with Gasteiger partial charge in [-0.1, -0.05) is 144 Å². The Morgan fingerprint density at radius 1 is 0.383 bits per heavy atom. The van der Waals surface area contributed by atoms with E-state index in [1.807, 2.05) is 0 Å². The average molecular weight is 725 g/mol. The molecule has 0 heterocycles. The van der Waals surface area contributed by atoms with Gasteiger partial charge in [-0.2, -0.15) is 0 Å². The van der Waals surface area contributed by atoms with Crippen LogP contribution in [0, 0.1) is 0 Å². The monoisotopic (exact) mass is 722 g/mol. The number of rotatable bonds is 6. The molecule has 0 spiro atoms. The first-order valence-electron chi connectivity index (χ1n) is 15.6. The third-order valence-electron chi connectivity index (χ3n) is 8.43. The van der Waals surface area contributed by atoms with Gasteiger partial charge >= 0.3 is 26.2 Å². The fourth-order valence-electron chi connectivity index (χ4n) is 6.21. The van der Waals surface area contributed by atoms with Crippen LogP contribution < -0.4 is 45.7 Å². The maximum Gasteiger partial charge on any atom is 4.00 e. The van der Waals surface area contributed by atoms with Gasteiger partial charge in [0, 0.05) is 0 Å². The van der Waals surface area contributed by atoms with Crippen LogP contribution in [-0.4, -0.2) is 0 Å². The maximum absolute atomic E-state index is 3.56. The molecule has 0 radical (unpaired) electrons. The second kappa shape index (κ2) is 17.4. The molecule has 0 aromatic heterocycles. The number of benzene rings is 6. The second-order valence-corrected chi connectivity index (χ2v) is 11.3. The molecule has 0 bridgehead atoms. The molecule has 0 aliphatic heterocycles. The van der Waals surface area contributed by atoms with Crippen LogP contribution in [0.5, 0.6) is 0 Å². The van der Waals surface area contributed by atoms with E-state index in [4.69, 9.17) is 0 Å². The summed E-state index contributed by atoms with van der Waals surface area (Å²) in [6.45, 7) is 0. The van der Waals surface area contributed by atoms with Crippen LogP contribution in [-0.2, 0) is 39.0 Å². The van der Waals surface area contributed by atoms with Gasteiger partial charge in [-0.25, -0.2) is 0 Å². The molecule has 0 nitrogen and oxygen atoms in total. The Morgan fingerprint density at radius 2 is 0.745 bits per heavy atom. The molecule has 0 fully saturated rings. The molecule has 3 heteroatoms. The number of aryl methyl sites for hydroxylation is 2. The van der Waals surface area contributed by atoms with E-state index in [0.29, 0.717) is 0 Å². The minimum absolute atomic E-state index is 0. The molecule has 6 aromatic rings. The molecular formula is C44H34Cl2Zr. The van der Waals surface area contributed by atoms with Crippen molar-refractivity contribution in [2.75, 3.05) is 0 Å². The van der Waals surface area contributed by atoms with Crippen molar-refractivity contribution >= 4 is 24.3 Å². The second-order valence-electron chi connectivity index (χ2n) is 11.3. The smallest absolute Gasteiger partial charge is 1.00 e. The molecule has 2 aliphatic carbocycles. The van der Waals surface area contributed by atoms with Crippen LogP contribution >= 0.6 is 0 Å². The summed E-state index contributed by atoms with van der Waals surface area (Å²) in [6, 6.07) is 51.4. The third-order valence-corrected chi connectivity index (χ3v) is 8.43. The van der Waals surface area contributed by atoms with Gasteiger partial charge in [-0.15, -0.1) is 80.3 Å². The molecule has 0 atom stereocenters. The Kier molecular flexibility index (Phi) is 13.4. The van der Waals surface area contributed by atoms with Crippen molar-refractivity contribution in [3.8, 4) is 22.3 Å². The molecule has 2 aliphatic rings. The quantitative estimate of drug-likeness (QED) is 0.229. The molecule has 0 amide bonds. The van der Waals surface area contributed by atoms with Crippen LogP contribution in [0.15, 0.2) is 146 Å². The van der Waals surface area contributed by atoms with Crippen LogP contribution in [0.1, 0.15) is 35.1 Å². The number of hydrogen-bond donors (Lipinski definition) is 0. The first-order valence-corrected chi connectivity index (χ1v) is 15.6. The molecule has 228 valence electrons. The van der Waals surface area contributed by atoms with Gasteiger partial charge in [0.15, 0.2) is 0 Å². The molecule has 0 saturated heterocycles. The van der Waals surface area contributed by atoms with Gasteiger partial charge in [0.05, 0.1) is 0 Å². The van der Waals surface area contributed by atoms with E-state index in [2.05, 4.69) is 170 Å². The Bertz CT molecular complexity index is 2010. The summed E-state index contributed by atoms with van der Waals surface area (Å²) in [7, 11) is 0. The molecule has 0 unspecified atom stereocenters. The minimum Gasteiger partial charge on any atom is -1.00 e. The molecule has 47 heavy (non-hydrogen) atoms. The molecule has 0 N–H and O–H groups in total. The summed E-state index contributed by atoms with van der Waals surface area (Å²) >= 11 is 0. The zero-order valence-electron chi connectivity index (χ0n) is 26.1. The normalized spacial score (nSPS) is 11.8. The molecule has 6 aromatic carbocycles. The number of hydrogen-bond acceptors (Lipinski definition) is 0. The van der Waals surface area contributed by atoms with E-state index in [1.54, 1.807) is 0 Å². The Morgan fingerprint density at radius 3 is 1.17 bits per heavy atom. The first kappa shape index (κ1) is 36.1. The van der Waals surface area contributed by atoms with Crippen LogP contribution in [0.3, 0.4) is 0 Å². The maximum atomic E-state index is 3.56. The summed E-state index contributed by atoms with van der Waals surface area (Å²) < 4.78 is 0. The summed E-state index contributed by atoms with van der Waals surface area (Å²) in [4.78, 5) is 0. The molecule has 8 rings (SSSR count). The van der Waals surface area contributed by atoms with Crippen molar-refractivity contribution in [3.05, 3.63) is 189 Å². The summed E-state index contributed by atoms with van der Waals surface area (Å²) in [6.07, 6.45) is 16.1. The van der Waals surface area contributed by atoms with Crippen molar-refractivity contribution in [3.63, 3.8) is 0 Å². The van der Waals surface area contributed by atoms with E-state index in [1.165, 1.54) is 65.4 Å². The van der Waals surface area contributed by atoms with E-state index in [-0.39, 0.29) is 51.0 Å². The largest absolute Gasteiger partial charge is 4.00 e. The third kappa shape index (κ3) is 8.41. The SMILES string of the molecule is [C-]1=c2c(cccc2=CCCc2ccccc2)-c2ccccc21.[C-]1=c2c(cccc2=CCCc2ccccc2)-c2ccccc21.[Cl-].[Cl-].[Zr+4]. The van der Waals surface area contributed by atoms with Gasteiger partial charge < -0.3 is 24.8 Å². The average Bonchev–Trinajstić information content (AvgIpc) is 3.66. The first-order chi connectivity index (χ1) is 21.8. The van der Waals surface area contributed by atoms with E-state index in [0.717, 1.165) is 25.7 Å². The number of halogens is 2. The van der Waals surface area contributed by atoms with Crippen LogP contribution in [0.4, 0.5) is 0 Å². The Hall–Kier alpha value is -3.74. The van der Waals surface area contributed by atoms with Gasteiger partial charge in [0.25, 0.3) is 0 Å². The van der Waals surface area contributed by atoms with E-state index >= 15 is 0 Å². The van der Waals surface area contributed by atoms with Gasteiger partial charge in [0.2, 0.25) is 0 Å². The predicted octanol–water partition coefficient (Wildman–Crippen LogP) is 1.58. The fraction of sp³-hybridized carbons (Fsp3) is 0.0909. The summed E-state index contributed by atoms with van der Waals surface area (Å²) in [5.74, 6) is 0. The van der Waals surface area contributed by atoms with Crippen molar-refractivity contribution < 1.29 is 51.0 Å². The van der Waals surface area contributed by atoms with Crippen molar-refractivity contribution in [1.29, 1.82) is 0 Å². The van der Waals surface area contributed by atoms with Crippen molar-refractivity contribution in [2.45, 2.75) is 25.7 Å². The molecular weight excluding hydrogens is 691 g/mol. The minimum atomic E-state index is 0. The van der Waals surface area contributed by atoms with Gasteiger partial charge in [-0.3, -0.25) is 0 Å². The van der Waals surface area contributed by atoms with Crippen LogP contribution in [0.2, 0.25) is 0 Å². The zero-order valence-corrected chi connectivity index (χ0v) is 30.1. The number of fused-ring (bicyclic) bond motifs is 6. The van der Waals surface area contributed by atoms with Gasteiger partial charge in [0.1, 0.15) is 0 Å². The molecule has 0 saturated carbocycles.